The molecule has 0 aliphatic rings. The number of hydrogen-bond donors (Lipinski definition) is 0. The van der Waals surface area contributed by atoms with Gasteiger partial charge in [0.05, 0.1) is 21.2 Å². The molecule has 10 heteroatoms. The normalized spacial score (nSPS) is 11.7. The number of hydrogen-bond acceptors (Lipinski definition) is 6. The molecule has 190 valence electrons. The van der Waals surface area contributed by atoms with Gasteiger partial charge in [-0.25, -0.2) is 25.4 Å². The molecule has 0 N–H and O–H groups in total. The Balaban J connectivity index is 2.11. The SMILES string of the molecule is CC(=O)N(c1ccc(N(C(C)=O)S(=O)(=O)c2cc(C)ccc2C)cc1)S(=O)(=O)c1cc(C)ccc1C. The zero-order chi connectivity index (χ0) is 27.0. The minimum atomic E-state index is -4.25. The number of carbonyl (C=O) groups excluding carboxylic acids is 2. The van der Waals surface area contributed by atoms with Gasteiger partial charge in [-0.15, -0.1) is 0 Å². The summed E-state index contributed by atoms with van der Waals surface area (Å²) in [6.45, 7) is 9.02. The van der Waals surface area contributed by atoms with E-state index in [1.54, 1.807) is 52.0 Å². The Morgan fingerprint density at radius 3 is 1.14 bits per heavy atom. The lowest BCUT2D eigenvalue weighted by molar-refractivity contribution is -0.116. The monoisotopic (exact) mass is 528 g/mol. The lowest BCUT2D eigenvalue weighted by atomic mass is 10.2. The molecule has 0 atom stereocenters. The highest BCUT2D eigenvalue weighted by Gasteiger charge is 2.32. The maximum atomic E-state index is 13.4. The van der Waals surface area contributed by atoms with Crippen molar-refractivity contribution >= 4 is 43.2 Å². The van der Waals surface area contributed by atoms with Crippen LogP contribution in [-0.2, 0) is 29.6 Å². The number of carbonyl (C=O) groups is 2. The van der Waals surface area contributed by atoms with Crippen molar-refractivity contribution in [3.63, 3.8) is 0 Å². The second kappa shape index (κ2) is 9.87. The number of amides is 2. The van der Waals surface area contributed by atoms with E-state index in [0.29, 0.717) is 30.9 Å². The van der Waals surface area contributed by atoms with Gasteiger partial charge in [0.15, 0.2) is 0 Å². The molecule has 0 saturated heterocycles. The molecular formula is C26H28N2O6S2. The molecular weight excluding hydrogens is 500 g/mol. The second-order valence-corrected chi connectivity index (χ2v) is 12.1. The Kier molecular flexibility index (Phi) is 7.42. The molecule has 8 nitrogen and oxygen atoms in total. The first-order chi connectivity index (χ1) is 16.7. The molecule has 0 radical (unpaired) electrons. The molecule has 3 rings (SSSR count). The lowest BCUT2D eigenvalue weighted by Crippen LogP contribution is -2.37. The van der Waals surface area contributed by atoms with Gasteiger partial charge in [-0.2, -0.15) is 0 Å². The standard InChI is InChI=1S/C26H28N2O6S2/c1-17-7-9-19(3)25(15-17)35(31,32)27(21(5)29)23-11-13-24(14-12-23)28(22(6)30)36(33,34)26-16-18(2)8-10-20(26)4/h7-16H,1-6H3. The van der Waals surface area contributed by atoms with Gasteiger partial charge in [0.1, 0.15) is 0 Å². The molecule has 0 fully saturated rings. The molecule has 0 saturated carbocycles. The summed E-state index contributed by atoms with van der Waals surface area (Å²) in [7, 11) is -8.51. The van der Waals surface area contributed by atoms with Crippen LogP contribution in [0.3, 0.4) is 0 Å². The quantitative estimate of drug-likeness (QED) is 0.469. The third-order valence-corrected chi connectivity index (χ3v) is 9.50. The van der Waals surface area contributed by atoms with Crippen molar-refractivity contribution in [1.82, 2.24) is 0 Å². The first-order valence-corrected chi connectivity index (χ1v) is 13.9. The van der Waals surface area contributed by atoms with Gasteiger partial charge >= 0.3 is 0 Å². The molecule has 3 aromatic carbocycles. The van der Waals surface area contributed by atoms with Gasteiger partial charge in [-0.1, -0.05) is 24.3 Å². The fraction of sp³-hybridized carbons (Fsp3) is 0.231. The summed E-state index contributed by atoms with van der Waals surface area (Å²) in [4.78, 5) is 25.0. The van der Waals surface area contributed by atoms with Crippen LogP contribution in [0.4, 0.5) is 11.4 Å². The van der Waals surface area contributed by atoms with Crippen molar-refractivity contribution < 1.29 is 26.4 Å². The van der Waals surface area contributed by atoms with Crippen LogP contribution in [-0.4, -0.2) is 28.6 Å². The molecule has 0 bridgehead atoms. The fourth-order valence-electron chi connectivity index (χ4n) is 3.87. The summed E-state index contributed by atoms with van der Waals surface area (Å²) in [6.07, 6.45) is 0. The first-order valence-electron chi connectivity index (χ1n) is 11.0. The Labute approximate surface area is 212 Å². The maximum absolute atomic E-state index is 13.4. The maximum Gasteiger partial charge on any atom is 0.271 e. The summed E-state index contributed by atoms with van der Waals surface area (Å²) in [5.41, 5.74) is 2.41. The zero-order valence-electron chi connectivity index (χ0n) is 20.9. The molecule has 0 spiro atoms. The minimum Gasteiger partial charge on any atom is -0.274 e. The highest BCUT2D eigenvalue weighted by molar-refractivity contribution is 7.94. The Bertz CT molecular complexity index is 1440. The molecule has 0 heterocycles. The first kappa shape index (κ1) is 27.1. The van der Waals surface area contributed by atoms with Crippen LogP contribution in [0.2, 0.25) is 0 Å². The number of nitrogens with zero attached hydrogens (tertiary/aromatic N) is 2. The summed E-state index contributed by atoms with van der Waals surface area (Å²) in [6, 6.07) is 15.0. The van der Waals surface area contributed by atoms with Crippen LogP contribution < -0.4 is 8.61 Å². The van der Waals surface area contributed by atoms with E-state index in [2.05, 4.69) is 0 Å². The lowest BCUT2D eigenvalue weighted by Gasteiger charge is -2.25. The van der Waals surface area contributed by atoms with Gasteiger partial charge in [0.25, 0.3) is 20.0 Å². The molecule has 36 heavy (non-hydrogen) atoms. The molecule has 2 amide bonds. The highest BCUT2D eigenvalue weighted by Crippen LogP contribution is 2.31. The number of benzene rings is 3. The van der Waals surface area contributed by atoms with Gasteiger partial charge in [-0.05, 0) is 86.3 Å². The largest absolute Gasteiger partial charge is 0.274 e. The van der Waals surface area contributed by atoms with Crippen molar-refractivity contribution in [3.05, 3.63) is 82.9 Å². The Morgan fingerprint density at radius 2 is 0.861 bits per heavy atom. The van der Waals surface area contributed by atoms with Gasteiger partial charge in [-0.3, -0.25) is 9.59 Å². The molecule has 0 unspecified atom stereocenters. The second-order valence-electron chi connectivity index (χ2n) is 8.63. The van der Waals surface area contributed by atoms with Crippen molar-refractivity contribution in [2.75, 3.05) is 8.61 Å². The van der Waals surface area contributed by atoms with Crippen molar-refractivity contribution in [2.45, 2.75) is 51.3 Å². The summed E-state index contributed by atoms with van der Waals surface area (Å²) in [5.74, 6) is -1.48. The van der Waals surface area contributed by atoms with Crippen LogP contribution in [0.25, 0.3) is 0 Å². The molecule has 3 aromatic rings. The predicted molar refractivity (Wildman–Crippen MR) is 139 cm³/mol. The van der Waals surface area contributed by atoms with Crippen LogP contribution in [0.15, 0.2) is 70.5 Å². The summed E-state index contributed by atoms with van der Waals surface area (Å²) in [5, 5.41) is 0. The van der Waals surface area contributed by atoms with Gasteiger partial charge < -0.3 is 0 Å². The predicted octanol–water partition coefficient (Wildman–Crippen LogP) is 4.40. The van der Waals surface area contributed by atoms with E-state index in [-0.39, 0.29) is 21.2 Å². The van der Waals surface area contributed by atoms with Crippen molar-refractivity contribution in [2.24, 2.45) is 0 Å². The van der Waals surface area contributed by atoms with E-state index in [0.717, 1.165) is 13.8 Å². The smallest absolute Gasteiger partial charge is 0.271 e. The molecule has 0 aromatic heterocycles. The van der Waals surface area contributed by atoms with Crippen LogP contribution >= 0.6 is 0 Å². The highest BCUT2D eigenvalue weighted by atomic mass is 32.2. The molecule has 0 aliphatic heterocycles. The van der Waals surface area contributed by atoms with E-state index >= 15 is 0 Å². The zero-order valence-corrected chi connectivity index (χ0v) is 22.6. The van der Waals surface area contributed by atoms with E-state index in [1.165, 1.54) is 36.4 Å². The third-order valence-electron chi connectivity index (χ3n) is 5.61. The van der Waals surface area contributed by atoms with E-state index in [4.69, 9.17) is 0 Å². The Morgan fingerprint density at radius 1 is 0.556 bits per heavy atom. The number of aryl methyl sites for hydroxylation is 4. The minimum absolute atomic E-state index is 0.00959. The molecule has 0 aliphatic carbocycles. The van der Waals surface area contributed by atoms with Crippen molar-refractivity contribution in [3.8, 4) is 0 Å². The number of sulfonamides is 2. The van der Waals surface area contributed by atoms with Crippen LogP contribution in [0.1, 0.15) is 36.1 Å². The third kappa shape index (κ3) is 5.05. The van der Waals surface area contributed by atoms with Crippen molar-refractivity contribution in [1.29, 1.82) is 0 Å². The number of rotatable bonds is 6. The topological polar surface area (TPSA) is 109 Å². The average molecular weight is 529 g/mol. The van der Waals surface area contributed by atoms with E-state index < -0.39 is 31.9 Å². The average Bonchev–Trinajstić information content (AvgIpc) is 2.77. The number of anilines is 2. The summed E-state index contributed by atoms with van der Waals surface area (Å²) < 4.78 is 55.1. The fourth-order valence-corrected chi connectivity index (χ4v) is 7.36. The summed E-state index contributed by atoms with van der Waals surface area (Å²) >= 11 is 0. The van der Waals surface area contributed by atoms with Crippen LogP contribution in [0, 0.1) is 27.7 Å². The van der Waals surface area contributed by atoms with E-state index in [9.17, 15) is 26.4 Å². The van der Waals surface area contributed by atoms with E-state index in [1.807, 2.05) is 0 Å². The van der Waals surface area contributed by atoms with Crippen LogP contribution in [0.5, 0.6) is 0 Å². The van der Waals surface area contributed by atoms with Gasteiger partial charge in [0.2, 0.25) is 11.8 Å². The Hall–Kier alpha value is -3.50. The van der Waals surface area contributed by atoms with Gasteiger partial charge in [0, 0.05) is 13.8 Å².